The van der Waals surface area contributed by atoms with Crippen LogP contribution in [0.25, 0.3) is 0 Å². The first kappa shape index (κ1) is 12.6. The van der Waals surface area contributed by atoms with E-state index in [1.165, 1.54) is 12.1 Å². The minimum atomic E-state index is -0.514. The number of hydrogen-bond acceptors (Lipinski definition) is 2. The van der Waals surface area contributed by atoms with E-state index >= 15 is 0 Å². The Morgan fingerprint density at radius 3 is 2.44 bits per heavy atom. The summed E-state index contributed by atoms with van der Waals surface area (Å²) in [7, 11) is 0. The fourth-order valence-electron chi connectivity index (χ4n) is 1.38. The van der Waals surface area contributed by atoms with Gasteiger partial charge in [-0.25, -0.2) is 4.39 Å². The van der Waals surface area contributed by atoms with Crippen molar-refractivity contribution in [1.29, 1.82) is 0 Å². The second-order valence-electron chi connectivity index (χ2n) is 4.33. The molecule has 0 bridgehead atoms. The highest BCUT2D eigenvalue weighted by Gasteiger charge is 2.21. The molecule has 1 aromatic carbocycles. The molecule has 1 amide bonds. The van der Waals surface area contributed by atoms with Gasteiger partial charge < -0.3 is 10.4 Å². The molecule has 1 aromatic rings. The molecule has 88 valence electrons. The van der Waals surface area contributed by atoms with Crippen LogP contribution < -0.4 is 5.32 Å². The second kappa shape index (κ2) is 5.07. The molecule has 16 heavy (non-hydrogen) atoms. The predicted molar refractivity (Wildman–Crippen MR) is 59.5 cm³/mol. The van der Waals surface area contributed by atoms with Crippen molar-refractivity contribution < 1.29 is 14.3 Å². The summed E-state index contributed by atoms with van der Waals surface area (Å²) in [6.45, 7) is 3.77. The maximum Gasteiger partial charge on any atom is 0.245 e. The molecule has 0 aliphatic rings. The maximum atomic E-state index is 12.7. The first-order chi connectivity index (χ1) is 7.45. The molecule has 0 spiro atoms. The Hall–Kier alpha value is -1.42. The quantitative estimate of drug-likeness (QED) is 0.809. The summed E-state index contributed by atoms with van der Waals surface area (Å²) in [6, 6.07) is 6.18. The molecule has 0 saturated heterocycles. The van der Waals surface area contributed by atoms with Gasteiger partial charge in [0, 0.05) is 12.0 Å². The van der Waals surface area contributed by atoms with Crippen molar-refractivity contribution in [2.45, 2.75) is 19.3 Å². The summed E-state index contributed by atoms with van der Waals surface area (Å²) in [5.41, 5.74) is 0.644. The van der Waals surface area contributed by atoms with Gasteiger partial charge in [0.15, 0.2) is 0 Å². The van der Waals surface area contributed by atoms with Gasteiger partial charge in [0.05, 0.1) is 0 Å². The van der Waals surface area contributed by atoms with E-state index < -0.39 is 12.5 Å². The number of carbonyl (C=O) groups excluding carboxylic acids is 1. The summed E-state index contributed by atoms with van der Waals surface area (Å²) in [5, 5.41) is 11.2. The van der Waals surface area contributed by atoms with E-state index in [1.807, 2.05) is 13.8 Å². The van der Waals surface area contributed by atoms with Gasteiger partial charge in [0.25, 0.3) is 0 Å². The fraction of sp³-hybridized carbons (Fsp3) is 0.417. The third-order valence-corrected chi connectivity index (χ3v) is 2.50. The number of halogens is 1. The van der Waals surface area contributed by atoms with Crippen LogP contribution in [-0.4, -0.2) is 24.2 Å². The Kier molecular flexibility index (Phi) is 4.01. The summed E-state index contributed by atoms with van der Waals surface area (Å²) in [5.74, 6) is -0.686. The lowest BCUT2D eigenvalue weighted by molar-refractivity contribution is -0.124. The number of hydrogen-bond donors (Lipinski definition) is 2. The maximum absolute atomic E-state index is 12.7. The molecule has 0 fully saturated rings. The minimum Gasteiger partial charge on any atom is -0.387 e. The highest BCUT2D eigenvalue weighted by molar-refractivity contribution is 5.76. The van der Waals surface area contributed by atoms with Crippen LogP contribution >= 0.6 is 0 Å². The van der Waals surface area contributed by atoms with Crippen molar-refractivity contribution in [2.75, 3.05) is 13.2 Å². The van der Waals surface area contributed by atoms with Crippen LogP contribution in [0.3, 0.4) is 0 Å². The summed E-state index contributed by atoms with van der Waals surface area (Å²) >= 11 is 0. The molecule has 0 saturated carbocycles. The van der Waals surface area contributed by atoms with E-state index in [1.54, 1.807) is 12.1 Å². The van der Waals surface area contributed by atoms with E-state index in [9.17, 15) is 9.18 Å². The molecule has 1 rings (SSSR count). The molecule has 4 heteroatoms. The predicted octanol–water partition coefficient (Wildman–Crippen LogP) is 1.21. The summed E-state index contributed by atoms with van der Waals surface area (Å²) in [6.07, 6.45) is 0. The first-order valence-corrected chi connectivity index (χ1v) is 5.09. The Bertz CT molecular complexity index is 360. The minimum absolute atomic E-state index is 0.279. The number of aliphatic hydroxyl groups is 1. The highest BCUT2D eigenvalue weighted by Crippen LogP contribution is 2.22. The zero-order valence-electron chi connectivity index (χ0n) is 9.46. The topological polar surface area (TPSA) is 49.3 Å². The van der Waals surface area contributed by atoms with Crippen molar-refractivity contribution in [1.82, 2.24) is 5.32 Å². The molecular formula is C12H16FNO2. The van der Waals surface area contributed by atoms with Gasteiger partial charge in [-0.3, -0.25) is 4.79 Å². The molecule has 3 nitrogen and oxygen atoms in total. The Morgan fingerprint density at radius 1 is 1.38 bits per heavy atom. The van der Waals surface area contributed by atoms with Crippen LogP contribution in [0.4, 0.5) is 4.39 Å². The van der Waals surface area contributed by atoms with Crippen LogP contribution in [0.15, 0.2) is 24.3 Å². The Balaban J connectivity index is 2.69. The molecule has 0 aliphatic heterocycles. The van der Waals surface area contributed by atoms with Crippen LogP contribution in [0, 0.1) is 5.82 Å². The van der Waals surface area contributed by atoms with E-state index in [4.69, 9.17) is 5.11 Å². The zero-order chi connectivity index (χ0) is 12.2. The van der Waals surface area contributed by atoms with Gasteiger partial charge in [-0.1, -0.05) is 26.0 Å². The average Bonchev–Trinajstić information content (AvgIpc) is 2.26. The summed E-state index contributed by atoms with van der Waals surface area (Å²) < 4.78 is 12.7. The van der Waals surface area contributed by atoms with Gasteiger partial charge in [-0.2, -0.15) is 0 Å². The number of amides is 1. The van der Waals surface area contributed by atoms with Crippen molar-refractivity contribution in [3.8, 4) is 0 Å². The van der Waals surface area contributed by atoms with Gasteiger partial charge in [-0.05, 0) is 17.7 Å². The smallest absolute Gasteiger partial charge is 0.245 e. The molecule has 2 N–H and O–H groups in total. The summed E-state index contributed by atoms with van der Waals surface area (Å²) in [4.78, 5) is 10.9. The van der Waals surface area contributed by atoms with Gasteiger partial charge in [0.1, 0.15) is 12.4 Å². The Morgan fingerprint density at radius 2 is 1.94 bits per heavy atom. The van der Waals surface area contributed by atoms with Crippen molar-refractivity contribution in [3.05, 3.63) is 35.6 Å². The third-order valence-electron chi connectivity index (χ3n) is 2.50. The van der Waals surface area contributed by atoms with Crippen molar-refractivity contribution >= 4 is 5.91 Å². The van der Waals surface area contributed by atoms with Crippen LogP contribution in [-0.2, 0) is 10.2 Å². The van der Waals surface area contributed by atoms with E-state index in [-0.39, 0.29) is 11.2 Å². The monoisotopic (exact) mass is 225 g/mol. The van der Waals surface area contributed by atoms with Gasteiger partial charge in [-0.15, -0.1) is 0 Å². The van der Waals surface area contributed by atoms with E-state index in [0.29, 0.717) is 6.54 Å². The SMILES string of the molecule is CC(C)(CNC(=O)CO)c1ccc(F)cc1. The number of carbonyl (C=O) groups is 1. The normalized spacial score (nSPS) is 11.2. The van der Waals surface area contributed by atoms with Gasteiger partial charge >= 0.3 is 0 Å². The van der Waals surface area contributed by atoms with Crippen molar-refractivity contribution in [2.24, 2.45) is 0 Å². The molecule has 0 radical (unpaired) electrons. The number of aliphatic hydroxyl groups excluding tert-OH is 1. The third kappa shape index (κ3) is 3.31. The lowest BCUT2D eigenvalue weighted by Crippen LogP contribution is -2.37. The number of nitrogens with one attached hydrogen (secondary N) is 1. The molecule has 0 aromatic heterocycles. The Labute approximate surface area is 94.3 Å². The molecular weight excluding hydrogens is 209 g/mol. The fourth-order valence-corrected chi connectivity index (χ4v) is 1.38. The largest absolute Gasteiger partial charge is 0.387 e. The van der Waals surface area contributed by atoms with Crippen LogP contribution in [0.2, 0.25) is 0 Å². The van der Waals surface area contributed by atoms with Crippen molar-refractivity contribution in [3.63, 3.8) is 0 Å². The molecule has 0 atom stereocenters. The highest BCUT2D eigenvalue weighted by atomic mass is 19.1. The lowest BCUT2D eigenvalue weighted by Gasteiger charge is -2.25. The zero-order valence-corrected chi connectivity index (χ0v) is 9.46. The molecule has 0 unspecified atom stereocenters. The van der Waals surface area contributed by atoms with E-state index in [2.05, 4.69) is 5.32 Å². The van der Waals surface area contributed by atoms with Gasteiger partial charge in [0.2, 0.25) is 5.91 Å². The molecule has 0 aliphatic carbocycles. The number of benzene rings is 1. The van der Waals surface area contributed by atoms with Crippen LogP contribution in [0.5, 0.6) is 0 Å². The first-order valence-electron chi connectivity index (χ1n) is 5.09. The van der Waals surface area contributed by atoms with E-state index in [0.717, 1.165) is 5.56 Å². The van der Waals surface area contributed by atoms with Crippen LogP contribution in [0.1, 0.15) is 19.4 Å². The standard InChI is InChI=1S/C12H16FNO2/c1-12(2,8-14-11(16)7-15)9-3-5-10(13)6-4-9/h3-6,15H,7-8H2,1-2H3,(H,14,16). The average molecular weight is 225 g/mol. The lowest BCUT2D eigenvalue weighted by atomic mass is 9.84. The molecule has 0 heterocycles. The number of rotatable bonds is 4. The second-order valence-corrected chi connectivity index (χ2v) is 4.33.